The molecular weight excluding hydrogens is 250 g/mol. The molecule has 100 valence electrons. The van der Waals surface area contributed by atoms with Gasteiger partial charge in [-0.25, -0.2) is 0 Å². The largest absolute Gasteiger partial charge is 0.311 e. The first-order chi connectivity index (χ1) is 9.75. The van der Waals surface area contributed by atoms with Crippen molar-refractivity contribution in [3.05, 3.63) is 65.7 Å². The average molecular weight is 265 g/mol. The van der Waals surface area contributed by atoms with Crippen LogP contribution in [-0.2, 0) is 11.2 Å². The van der Waals surface area contributed by atoms with Crippen molar-refractivity contribution in [1.82, 2.24) is 0 Å². The fourth-order valence-corrected chi connectivity index (χ4v) is 2.54. The molecule has 0 saturated carbocycles. The smallest absolute Gasteiger partial charge is 0.231 e. The van der Waals surface area contributed by atoms with Crippen LogP contribution in [0, 0.1) is 0 Å². The van der Waals surface area contributed by atoms with Crippen molar-refractivity contribution >= 4 is 17.4 Å². The Morgan fingerprint density at radius 3 is 2.50 bits per heavy atom. The molecular formula is C17H15NO2. The molecule has 3 nitrogen and oxygen atoms in total. The summed E-state index contributed by atoms with van der Waals surface area (Å²) in [5, 5.41) is 0. The van der Waals surface area contributed by atoms with Crippen LogP contribution in [-0.4, -0.2) is 18.2 Å². The number of anilines is 1. The molecule has 0 aliphatic carbocycles. The quantitative estimate of drug-likeness (QED) is 0.837. The van der Waals surface area contributed by atoms with Gasteiger partial charge in [0.1, 0.15) is 0 Å². The van der Waals surface area contributed by atoms with Crippen LogP contribution in [0.4, 0.5) is 5.69 Å². The lowest BCUT2D eigenvalue weighted by Crippen LogP contribution is -2.38. The number of fused-ring (bicyclic) bond motifs is 1. The molecule has 0 atom stereocenters. The lowest BCUT2D eigenvalue weighted by Gasteiger charge is -2.28. The van der Waals surface area contributed by atoms with Gasteiger partial charge in [-0.15, -0.1) is 0 Å². The fourth-order valence-electron chi connectivity index (χ4n) is 2.54. The number of hydrogen-bond donors (Lipinski definition) is 0. The van der Waals surface area contributed by atoms with Crippen LogP contribution in [0.3, 0.4) is 0 Å². The Bertz CT molecular complexity index is 649. The normalized spacial score (nSPS) is 14.0. The second-order valence-corrected chi connectivity index (χ2v) is 4.90. The number of carbonyl (C=O) groups excluding carboxylic acids is 2. The molecule has 20 heavy (non-hydrogen) atoms. The summed E-state index contributed by atoms with van der Waals surface area (Å²) in [7, 11) is 0. The van der Waals surface area contributed by atoms with E-state index in [0.29, 0.717) is 24.9 Å². The molecule has 0 bridgehead atoms. The van der Waals surface area contributed by atoms with Gasteiger partial charge in [-0.2, -0.15) is 0 Å². The molecule has 2 aromatic rings. The number of hydrogen-bond acceptors (Lipinski definition) is 2. The monoisotopic (exact) mass is 265 g/mol. The Hall–Kier alpha value is -2.42. The molecule has 1 aliphatic heterocycles. The van der Waals surface area contributed by atoms with Crippen LogP contribution in [0.1, 0.15) is 22.3 Å². The molecule has 1 amide bonds. The third-order valence-corrected chi connectivity index (χ3v) is 3.56. The summed E-state index contributed by atoms with van der Waals surface area (Å²) in [6, 6.07) is 17.0. The van der Waals surface area contributed by atoms with Crippen molar-refractivity contribution in [2.75, 3.05) is 11.4 Å². The lowest BCUT2D eigenvalue weighted by atomic mass is 9.99. The highest BCUT2D eigenvalue weighted by atomic mass is 16.2. The second-order valence-electron chi connectivity index (χ2n) is 4.90. The summed E-state index contributed by atoms with van der Waals surface area (Å²) in [5.41, 5.74) is 2.39. The van der Waals surface area contributed by atoms with E-state index in [2.05, 4.69) is 0 Å². The van der Waals surface area contributed by atoms with Gasteiger partial charge in [0.05, 0.1) is 12.1 Å². The van der Waals surface area contributed by atoms with Gasteiger partial charge in [0, 0.05) is 18.5 Å². The Morgan fingerprint density at radius 1 is 1.00 bits per heavy atom. The maximum Gasteiger partial charge on any atom is 0.231 e. The molecule has 0 saturated heterocycles. The van der Waals surface area contributed by atoms with Gasteiger partial charge in [-0.05, 0) is 17.7 Å². The maximum atomic E-state index is 12.5. The third kappa shape index (κ3) is 2.35. The number of nitrogens with zero attached hydrogens (tertiary/aromatic N) is 1. The summed E-state index contributed by atoms with van der Waals surface area (Å²) in [6.45, 7) is 0.474. The van der Waals surface area contributed by atoms with Crippen molar-refractivity contribution in [3.63, 3.8) is 0 Å². The Kier molecular flexibility index (Phi) is 3.33. The van der Waals surface area contributed by atoms with Gasteiger partial charge in [-0.3, -0.25) is 9.59 Å². The maximum absolute atomic E-state index is 12.5. The molecule has 0 N–H and O–H groups in total. The third-order valence-electron chi connectivity index (χ3n) is 3.56. The molecule has 1 aliphatic rings. The van der Waals surface area contributed by atoms with Gasteiger partial charge in [0.15, 0.2) is 5.78 Å². The Balaban J connectivity index is 1.86. The number of carbonyl (C=O) groups is 2. The Morgan fingerprint density at radius 2 is 1.70 bits per heavy atom. The Labute approximate surface area is 117 Å². The van der Waals surface area contributed by atoms with Crippen molar-refractivity contribution in [1.29, 1.82) is 0 Å². The van der Waals surface area contributed by atoms with E-state index in [0.717, 1.165) is 11.3 Å². The van der Waals surface area contributed by atoms with E-state index < -0.39 is 0 Å². The number of para-hydroxylation sites is 1. The molecule has 2 aromatic carbocycles. The first-order valence-corrected chi connectivity index (χ1v) is 6.72. The number of ketones is 1. The number of amides is 1. The molecule has 0 unspecified atom stereocenters. The molecule has 0 fully saturated rings. The zero-order valence-corrected chi connectivity index (χ0v) is 11.1. The van der Waals surface area contributed by atoms with Crippen molar-refractivity contribution in [2.45, 2.75) is 12.8 Å². The molecule has 0 aromatic heterocycles. The van der Waals surface area contributed by atoms with E-state index in [-0.39, 0.29) is 11.7 Å². The van der Waals surface area contributed by atoms with Crippen LogP contribution in [0.5, 0.6) is 0 Å². The van der Waals surface area contributed by atoms with E-state index in [1.165, 1.54) is 0 Å². The minimum absolute atomic E-state index is 0.0381. The van der Waals surface area contributed by atoms with Crippen molar-refractivity contribution in [3.8, 4) is 0 Å². The molecule has 0 spiro atoms. The van der Waals surface area contributed by atoms with Gasteiger partial charge in [-0.1, -0.05) is 42.5 Å². The molecule has 3 heteroatoms. The van der Waals surface area contributed by atoms with Crippen LogP contribution < -0.4 is 4.90 Å². The number of rotatable bonds is 2. The van der Waals surface area contributed by atoms with Gasteiger partial charge in [0.25, 0.3) is 0 Å². The average Bonchev–Trinajstić information content (AvgIpc) is 2.49. The predicted molar refractivity (Wildman–Crippen MR) is 77.9 cm³/mol. The highest BCUT2D eigenvalue weighted by Crippen LogP contribution is 2.27. The summed E-state index contributed by atoms with van der Waals surface area (Å²) in [5.74, 6) is 0.153. The standard InChI is InChI=1S/C17H15NO2/c19-16-10-11-18(15-9-5-4-8-14(15)16)17(20)12-13-6-2-1-3-7-13/h1-9H,10-12H2. The first kappa shape index (κ1) is 12.6. The summed E-state index contributed by atoms with van der Waals surface area (Å²) >= 11 is 0. The van der Waals surface area contributed by atoms with E-state index in [9.17, 15) is 9.59 Å². The van der Waals surface area contributed by atoms with Crippen molar-refractivity contribution < 1.29 is 9.59 Å². The summed E-state index contributed by atoms with van der Waals surface area (Å²) in [6.07, 6.45) is 0.765. The minimum Gasteiger partial charge on any atom is -0.311 e. The SMILES string of the molecule is O=C1CCN(C(=O)Cc2ccccc2)c2ccccc21. The first-order valence-electron chi connectivity index (χ1n) is 6.72. The fraction of sp³-hybridized carbons (Fsp3) is 0.176. The summed E-state index contributed by atoms with van der Waals surface area (Å²) in [4.78, 5) is 26.1. The predicted octanol–water partition coefficient (Wildman–Crippen LogP) is 2.85. The van der Waals surface area contributed by atoms with Crippen LogP contribution >= 0.6 is 0 Å². The number of Topliss-reactive ketones (excluding diaryl/α,β-unsaturated/α-hetero) is 1. The van der Waals surface area contributed by atoms with Crippen LogP contribution in [0.2, 0.25) is 0 Å². The van der Waals surface area contributed by atoms with E-state index in [1.54, 1.807) is 11.0 Å². The second kappa shape index (κ2) is 5.29. The minimum atomic E-state index is 0.0381. The van der Waals surface area contributed by atoms with E-state index >= 15 is 0 Å². The highest BCUT2D eigenvalue weighted by Gasteiger charge is 2.26. The zero-order valence-electron chi connectivity index (χ0n) is 11.1. The molecule has 3 rings (SSSR count). The zero-order chi connectivity index (χ0) is 13.9. The molecule has 1 heterocycles. The summed E-state index contributed by atoms with van der Waals surface area (Å²) < 4.78 is 0. The van der Waals surface area contributed by atoms with Gasteiger partial charge in [0.2, 0.25) is 5.91 Å². The topological polar surface area (TPSA) is 37.4 Å². The van der Waals surface area contributed by atoms with Gasteiger partial charge < -0.3 is 4.90 Å². The highest BCUT2D eigenvalue weighted by molar-refractivity contribution is 6.09. The van der Waals surface area contributed by atoms with Crippen LogP contribution in [0.15, 0.2) is 54.6 Å². The van der Waals surface area contributed by atoms with E-state index in [4.69, 9.17) is 0 Å². The molecule has 0 radical (unpaired) electrons. The number of benzene rings is 2. The van der Waals surface area contributed by atoms with Gasteiger partial charge >= 0.3 is 0 Å². The van der Waals surface area contributed by atoms with Crippen molar-refractivity contribution in [2.24, 2.45) is 0 Å². The van der Waals surface area contributed by atoms with E-state index in [1.807, 2.05) is 48.5 Å². The lowest BCUT2D eigenvalue weighted by molar-refractivity contribution is -0.118. The van der Waals surface area contributed by atoms with Crippen LogP contribution in [0.25, 0.3) is 0 Å².